The summed E-state index contributed by atoms with van der Waals surface area (Å²) >= 11 is 0. The second-order valence-electron chi connectivity index (χ2n) is 4.60. The molecule has 1 aromatic heterocycles. The lowest BCUT2D eigenvalue weighted by molar-refractivity contribution is 0.0335. The average Bonchev–Trinajstić information content (AvgIpc) is 2.81. The van der Waals surface area contributed by atoms with E-state index in [0.717, 1.165) is 32.5 Å². The number of aromatic nitrogens is 2. The Morgan fingerprint density at radius 1 is 1.47 bits per heavy atom. The molecule has 0 saturated carbocycles. The summed E-state index contributed by atoms with van der Waals surface area (Å²) in [4.78, 5) is 0. The molecule has 4 heteroatoms. The van der Waals surface area contributed by atoms with Crippen LogP contribution in [0.4, 0.5) is 0 Å². The van der Waals surface area contributed by atoms with Crippen molar-refractivity contribution in [3.63, 3.8) is 0 Å². The van der Waals surface area contributed by atoms with Crippen LogP contribution in [0.1, 0.15) is 37.7 Å². The average molecular weight is 237 g/mol. The SMILES string of the molecule is CCc1cc(CC)n(C2COCCC2NC)n1. The second kappa shape index (κ2) is 5.65. The zero-order valence-electron chi connectivity index (χ0n) is 11.1. The quantitative estimate of drug-likeness (QED) is 0.863. The van der Waals surface area contributed by atoms with Crippen LogP contribution in [0.2, 0.25) is 0 Å². The van der Waals surface area contributed by atoms with E-state index in [1.165, 1.54) is 11.4 Å². The number of likely N-dealkylation sites (N-methyl/N-ethyl adjacent to an activating group) is 1. The molecule has 2 atom stereocenters. The maximum absolute atomic E-state index is 5.61. The number of nitrogens with one attached hydrogen (secondary N) is 1. The minimum atomic E-state index is 0.337. The van der Waals surface area contributed by atoms with Crippen LogP contribution in [0.5, 0.6) is 0 Å². The van der Waals surface area contributed by atoms with Crippen molar-refractivity contribution < 1.29 is 4.74 Å². The first kappa shape index (κ1) is 12.6. The zero-order chi connectivity index (χ0) is 12.3. The van der Waals surface area contributed by atoms with Gasteiger partial charge < -0.3 is 10.1 Å². The van der Waals surface area contributed by atoms with Crippen molar-refractivity contribution in [1.82, 2.24) is 15.1 Å². The third-order valence-corrected chi connectivity index (χ3v) is 3.60. The summed E-state index contributed by atoms with van der Waals surface area (Å²) in [6.07, 6.45) is 3.09. The summed E-state index contributed by atoms with van der Waals surface area (Å²) < 4.78 is 7.79. The molecule has 1 N–H and O–H groups in total. The van der Waals surface area contributed by atoms with Gasteiger partial charge in [0.05, 0.1) is 18.3 Å². The van der Waals surface area contributed by atoms with Crippen LogP contribution in [0.15, 0.2) is 6.07 Å². The molecular formula is C13H23N3O. The number of hydrogen-bond donors (Lipinski definition) is 1. The molecule has 2 heterocycles. The van der Waals surface area contributed by atoms with Gasteiger partial charge in [0.15, 0.2) is 0 Å². The number of rotatable bonds is 4. The first-order valence-corrected chi connectivity index (χ1v) is 6.62. The molecular weight excluding hydrogens is 214 g/mol. The minimum Gasteiger partial charge on any atom is -0.379 e. The lowest BCUT2D eigenvalue weighted by Gasteiger charge is -2.32. The molecule has 1 fully saturated rings. The van der Waals surface area contributed by atoms with Crippen molar-refractivity contribution >= 4 is 0 Å². The van der Waals surface area contributed by atoms with Crippen molar-refractivity contribution in [1.29, 1.82) is 0 Å². The fourth-order valence-corrected chi connectivity index (χ4v) is 2.51. The first-order valence-electron chi connectivity index (χ1n) is 6.62. The van der Waals surface area contributed by atoms with E-state index in [-0.39, 0.29) is 0 Å². The Morgan fingerprint density at radius 2 is 2.29 bits per heavy atom. The summed E-state index contributed by atoms with van der Waals surface area (Å²) in [6, 6.07) is 3.03. The highest BCUT2D eigenvalue weighted by molar-refractivity contribution is 5.12. The van der Waals surface area contributed by atoms with Gasteiger partial charge in [-0.25, -0.2) is 0 Å². The number of ether oxygens (including phenoxy) is 1. The maximum atomic E-state index is 5.61. The van der Waals surface area contributed by atoms with Gasteiger partial charge in [0.2, 0.25) is 0 Å². The standard InChI is InChI=1S/C13H23N3O/c1-4-10-8-11(5-2)16(15-10)13-9-17-7-6-12(13)14-3/h8,12-14H,4-7,9H2,1-3H3. The van der Waals surface area contributed by atoms with Crippen molar-refractivity contribution in [2.45, 2.75) is 45.2 Å². The van der Waals surface area contributed by atoms with E-state index in [9.17, 15) is 0 Å². The maximum Gasteiger partial charge on any atom is 0.0909 e. The van der Waals surface area contributed by atoms with Crippen molar-refractivity contribution in [3.05, 3.63) is 17.5 Å². The van der Waals surface area contributed by atoms with E-state index >= 15 is 0 Å². The third kappa shape index (κ3) is 2.53. The summed E-state index contributed by atoms with van der Waals surface area (Å²) in [6.45, 7) is 5.96. The van der Waals surface area contributed by atoms with Gasteiger partial charge in [0.25, 0.3) is 0 Å². The van der Waals surface area contributed by atoms with Gasteiger partial charge in [0, 0.05) is 18.3 Å². The first-order chi connectivity index (χ1) is 8.30. The van der Waals surface area contributed by atoms with Gasteiger partial charge in [-0.2, -0.15) is 5.10 Å². The Morgan fingerprint density at radius 3 is 2.94 bits per heavy atom. The van der Waals surface area contributed by atoms with E-state index < -0.39 is 0 Å². The summed E-state index contributed by atoms with van der Waals surface area (Å²) in [5.74, 6) is 0. The molecule has 0 spiro atoms. The van der Waals surface area contributed by atoms with Crippen LogP contribution < -0.4 is 5.32 Å². The van der Waals surface area contributed by atoms with Gasteiger partial charge in [0.1, 0.15) is 0 Å². The normalized spacial score (nSPS) is 25.1. The lowest BCUT2D eigenvalue weighted by Crippen LogP contribution is -2.43. The molecule has 17 heavy (non-hydrogen) atoms. The predicted molar refractivity (Wildman–Crippen MR) is 68.3 cm³/mol. The number of hydrogen-bond acceptors (Lipinski definition) is 3. The van der Waals surface area contributed by atoms with E-state index in [1.54, 1.807) is 0 Å². The highest BCUT2D eigenvalue weighted by atomic mass is 16.5. The highest BCUT2D eigenvalue weighted by Gasteiger charge is 2.28. The van der Waals surface area contributed by atoms with Crippen molar-refractivity contribution in [3.8, 4) is 0 Å². The van der Waals surface area contributed by atoms with Crippen LogP contribution in [-0.2, 0) is 17.6 Å². The highest BCUT2D eigenvalue weighted by Crippen LogP contribution is 2.22. The molecule has 1 aromatic rings. The van der Waals surface area contributed by atoms with Gasteiger partial charge in [-0.3, -0.25) is 4.68 Å². The molecule has 1 saturated heterocycles. The second-order valence-corrected chi connectivity index (χ2v) is 4.60. The largest absolute Gasteiger partial charge is 0.379 e. The molecule has 0 aliphatic carbocycles. The molecule has 0 aromatic carbocycles. The van der Waals surface area contributed by atoms with Crippen LogP contribution in [0.3, 0.4) is 0 Å². The smallest absolute Gasteiger partial charge is 0.0909 e. The Hall–Kier alpha value is -0.870. The van der Waals surface area contributed by atoms with Crippen molar-refractivity contribution in [2.24, 2.45) is 0 Å². The fraction of sp³-hybridized carbons (Fsp3) is 0.769. The molecule has 4 nitrogen and oxygen atoms in total. The monoisotopic (exact) mass is 237 g/mol. The molecule has 2 unspecified atom stereocenters. The van der Waals surface area contributed by atoms with Crippen LogP contribution in [0.25, 0.3) is 0 Å². The van der Waals surface area contributed by atoms with Crippen LogP contribution >= 0.6 is 0 Å². The number of aryl methyl sites for hydroxylation is 2. The molecule has 2 rings (SSSR count). The third-order valence-electron chi connectivity index (χ3n) is 3.60. The summed E-state index contributed by atoms with van der Waals surface area (Å²) in [5.41, 5.74) is 2.50. The molecule has 0 amide bonds. The van der Waals surface area contributed by atoms with E-state index in [1.807, 2.05) is 7.05 Å². The fourth-order valence-electron chi connectivity index (χ4n) is 2.51. The van der Waals surface area contributed by atoms with Crippen molar-refractivity contribution in [2.75, 3.05) is 20.3 Å². The van der Waals surface area contributed by atoms with Crippen LogP contribution in [0, 0.1) is 0 Å². The Kier molecular flexibility index (Phi) is 4.18. The molecule has 96 valence electrons. The zero-order valence-corrected chi connectivity index (χ0v) is 11.1. The minimum absolute atomic E-state index is 0.337. The Bertz CT molecular complexity index is 362. The molecule has 1 aliphatic heterocycles. The number of nitrogens with zero attached hydrogens (tertiary/aromatic N) is 2. The van der Waals surface area contributed by atoms with Gasteiger partial charge in [-0.1, -0.05) is 13.8 Å². The van der Waals surface area contributed by atoms with E-state index in [2.05, 4.69) is 29.9 Å². The van der Waals surface area contributed by atoms with Gasteiger partial charge in [-0.15, -0.1) is 0 Å². The lowest BCUT2D eigenvalue weighted by atomic mass is 10.0. The predicted octanol–water partition coefficient (Wildman–Crippen LogP) is 1.56. The molecule has 0 bridgehead atoms. The van der Waals surface area contributed by atoms with Gasteiger partial charge >= 0.3 is 0 Å². The topological polar surface area (TPSA) is 39.1 Å². The molecule has 0 radical (unpaired) electrons. The Labute approximate surface area is 103 Å². The van der Waals surface area contributed by atoms with Gasteiger partial charge in [-0.05, 0) is 32.4 Å². The summed E-state index contributed by atoms with van der Waals surface area (Å²) in [7, 11) is 2.03. The Balaban J connectivity index is 2.26. The van der Waals surface area contributed by atoms with E-state index in [4.69, 9.17) is 9.84 Å². The summed E-state index contributed by atoms with van der Waals surface area (Å²) in [5, 5.41) is 8.11. The molecule has 1 aliphatic rings. The van der Waals surface area contributed by atoms with Crippen LogP contribution in [-0.4, -0.2) is 36.1 Å². The van der Waals surface area contributed by atoms with E-state index in [0.29, 0.717) is 12.1 Å².